The first-order chi connectivity index (χ1) is 6.74. The largest absolute Gasteiger partial charge is 0.492 e. The molecule has 0 N–H and O–H groups in total. The molecule has 84 valence electrons. The van der Waals surface area contributed by atoms with E-state index in [-0.39, 0.29) is 12.4 Å². The topological polar surface area (TPSA) is 29.5 Å². The highest BCUT2D eigenvalue weighted by Crippen LogP contribution is 2.15. The number of carbonyl (C=O) groups excluding carboxylic acids is 1. The lowest BCUT2D eigenvalue weighted by Gasteiger charge is -2.11. The van der Waals surface area contributed by atoms with Crippen LogP contribution in [0, 0.1) is 0 Å². The minimum absolute atomic E-state index is 0. The Balaban J connectivity index is 0.00000196. The smallest absolute Gasteiger partial charge is 0.153 e. The molecule has 1 aromatic carbocycles. The summed E-state index contributed by atoms with van der Waals surface area (Å²) in [4.78, 5) is 12.7. The van der Waals surface area contributed by atoms with Gasteiger partial charge in [0.05, 0.1) is 5.56 Å². The predicted molar refractivity (Wildman–Crippen MR) is 63.1 cm³/mol. The molecule has 0 amide bonds. The molecule has 0 bridgehead atoms. The molecule has 0 fully saturated rings. The van der Waals surface area contributed by atoms with Crippen LogP contribution in [-0.2, 0) is 0 Å². The minimum atomic E-state index is 0. The van der Waals surface area contributed by atoms with Crippen LogP contribution in [0.5, 0.6) is 5.75 Å². The van der Waals surface area contributed by atoms with Crippen LogP contribution in [0.4, 0.5) is 0 Å². The summed E-state index contributed by atoms with van der Waals surface area (Å²) in [5, 5.41) is 0. The van der Waals surface area contributed by atoms with E-state index in [9.17, 15) is 4.79 Å². The lowest BCUT2D eigenvalue weighted by molar-refractivity contribution is 0.111. The first-order valence-electron chi connectivity index (χ1n) is 4.56. The molecule has 0 saturated carbocycles. The summed E-state index contributed by atoms with van der Waals surface area (Å²) in [7, 11) is 3.96. The molecule has 3 nitrogen and oxygen atoms in total. The molecule has 0 radical (unpaired) electrons. The number of rotatable bonds is 5. The van der Waals surface area contributed by atoms with Gasteiger partial charge in [0, 0.05) is 6.54 Å². The third-order valence-corrected chi connectivity index (χ3v) is 1.84. The van der Waals surface area contributed by atoms with E-state index < -0.39 is 0 Å². The third kappa shape index (κ3) is 4.81. The van der Waals surface area contributed by atoms with Crippen molar-refractivity contribution in [3.63, 3.8) is 0 Å². The van der Waals surface area contributed by atoms with E-state index in [1.165, 1.54) is 0 Å². The monoisotopic (exact) mass is 229 g/mol. The van der Waals surface area contributed by atoms with Crippen molar-refractivity contribution >= 4 is 18.7 Å². The van der Waals surface area contributed by atoms with Gasteiger partial charge in [-0.15, -0.1) is 12.4 Å². The number of hydrogen-bond acceptors (Lipinski definition) is 3. The summed E-state index contributed by atoms with van der Waals surface area (Å²) < 4.78 is 5.47. The molecule has 0 unspecified atom stereocenters. The number of nitrogens with zero attached hydrogens (tertiary/aromatic N) is 1. The molecular weight excluding hydrogens is 214 g/mol. The molecule has 1 aromatic rings. The Labute approximate surface area is 96.4 Å². The highest BCUT2D eigenvalue weighted by Gasteiger charge is 2.00. The quantitative estimate of drug-likeness (QED) is 0.722. The molecule has 0 spiro atoms. The van der Waals surface area contributed by atoms with Crippen LogP contribution in [0.3, 0.4) is 0 Å². The van der Waals surface area contributed by atoms with Gasteiger partial charge < -0.3 is 9.64 Å². The number of likely N-dealkylation sites (N-methyl/N-ethyl adjacent to an activating group) is 1. The van der Waals surface area contributed by atoms with Crippen molar-refractivity contribution in [2.75, 3.05) is 27.2 Å². The van der Waals surface area contributed by atoms with Crippen molar-refractivity contribution in [1.29, 1.82) is 0 Å². The summed E-state index contributed by atoms with van der Waals surface area (Å²) in [5.41, 5.74) is 0.603. The van der Waals surface area contributed by atoms with Crippen LogP contribution in [0.15, 0.2) is 24.3 Å². The van der Waals surface area contributed by atoms with E-state index in [0.29, 0.717) is 17.9 Å². The molecular formula is C11H16ClNO2. The summed E-state index contributed by atoms with van der Waals surface area (Å²) in [6.07, 6.45) is 0.811. The van der Waals surface area contributed by atoms with Gasteiger partial charge in [-0.2, -0.15) is 0 Å². The molecule has 0 heterocycles. The molecule has 1 rings (SSSR count). The fourth-order valence-corrected chi connectivity index (χ4v) is 1.05. The Hall–Kier alpha value is -1.06. The first kappa shape index (κ1) is 13.9. The number of ether oxygens (including phenoxy) is 1. The highest BCUT2D eigenvalue weighted by atomic mass is 35.5. The number of hydrogen-bond donors (Lipinski definition) is 0. The minimum Gasteiger partial charge on any atom is -0.492 e. The van der Waals surface area contributed by atoms with Gasteiger partial charge >= 0.3 is 0 Å². The number of halogens is 1. The van der Waals surface area contributed by atoms with E-state index in [1.54, 1.807) is 12.1 Å². The number of para-hydroxylation sites is 1. The average molecular weight is 230 g/mol. The summed E-state index contributed by atoms with van der Waals surface area (Å²) in [6.45, 7) is 1.44. The molecule has 15 heavy (non-hydrogen) atoms. The SMILES string of the molecule is CN(C)CCOc1ccccc1C=O.Cl. The molecule has 0 saturated heterocycles. The maximum atomic E-state index is 10.6. The fraction of sp³-hybridized carbons (Fsp3) is 0.364. The number of benzene rings is 1. The van der Waals surface area contributed by atoms with E-state index in [2.05, 4.69) is 0 Å². The van der Waals surface area contributed by atoms with Gasteiger partial charge in [-0.3, -0.25) is 4.79 Å². The van der Waals surface area contributed by atoms with Crippen molar-refractivity contribution < 1.29 is 9.53 Å². The second kappa shape index (κ2) is 7.26. The zero-order valence-electron chi connectivity index (χ0n) is 8.97. The standard InChI is InChI=1S/C11H15NO2.ClH/c1-12(2)7-8-14-11-6-4-3-5-10(11)9-13;/h3-6,9H,7-8H2,1-2H3;1H. The molecule has 0 aliphatic heterocycles. The lowest BCUT2D eigenvalue weighted by atomic mass is 10.2. The Morgan fingerprint density at radius 3 is 2.60 bits per heavy atom. The van der Waals surface area contributed by atoms with Gasteiger partial charge in [-0.1, -0.05) is 12.1 Å². The molecule has 0 atom stereocenters. The zero-order chi connectivity index (χ0) is 10.4. The Morgan fingerprint density at radius 2 is 2.00 bits per heavy atom. The summed E-state index contributed by atoms with van der Waals surface area (Å²) in [5.74, 6) is 0.657. The van der Waals surface area contributed by atoms with Gasteiger partial charge in [-0.25, -0.2) is 0 Å². The van der Waals surface area contributed by atoms with Gasteiger partial charge in [0.15, 0.2) is 6.29 Å². The van der Waals surface area contributed by atoms with Crippen molar-refractivity contribution in [3.8, 4) is 5.75 Å². The van der Waals surface area contributed by atoms with E-state index in [1.807, 2.05) is 31.1 Å². The lowest BCUT2D eigenvalue weighted by Crippen LogP contribution is -2.19. The number of carbonyl (C=O) groups is 1. The van der Waals surface area contributed by atoms with Crippen molar-refractivity contribution in [3.05, 3.63) is 29.8 Å². The summed E-state index contributed by atoms with van der Waals surface area (Å²) in [6, 6.07) is 7.23. The third-order valence-electron chi connectivity index (χ3n) is 1.84. The van der Waals surface area contributed by atoms with Gasteiger partial charge in [0.1, 0.15) is 12.4 Å². The maximum absolute atomic E-state index is 10.6. The van der Waals surface area contributed by atoms with E-state index in [0.717, 1.165) is 12.8 Å². The van der Waals surface area contributed by atoms with Crippen molar-refractivity contribution in [2.45, 2.75) is 0 Å². The Morgan fingerprint density at radius 1 is 1.33 bits per heavy atom. The van der Waals surface area contributed by atoms with Crippen LogP contribution in [-0.4, -0.2) is 38.4 Å². The average Bonchev–Trinajstić information content (AvgIpc) is 2.18. The normalized spacial score (nSPS) is 9.53. The van der Waals surface area contributed by atoms with Crippen LogP contribution < -0.4 is 4.74 Å². The number of aldehydes is 1. The Bertz CT molecular complexity index is 302. The van der Waals surface area contributed by atoms with Crippen LogP contribution in [0.1, 0.15) is 10.4 Å². The van der Waals surface area contributed by atoms with Gasteiger partial charge in [0.25, 0.3) is 0 Å². The molecule has 0 aliphatic carbocycles. The molecule has 0 aromatic heterocycles. The zero-order valence-corrected chi connectivity index (χ0v) is 9.79. The first-order valence-corrected chi connectivity index (χ1v) is 4.56. The fourth-order valence-electron chi connectivity index (χ4n) is 1.05. The van der Waals surface area contributed by atoms with Crippen LogP contribution >= 0.6 is 12.4 Å². The van der Waals surface area contributed by atoms with Crippen LogP contribution in [0.25, 0.3) is 0 Å². The van der Waals surface area contributed by atoms with E-state index in [4.69, 9.17) is 4.74 Å². The van der Waals surface area contributed by atoms with Crippen molar-refractivity contribution in [2.24, 2.45) is 0 Å². The maximum Gasteiger partial charge on any atom is 0.153 e. The predicted octanol–water partition coefficient (Wildman–Crippen LogP) is 1.86. The van der Waals surface area contributed by atoms with Crippen molar-refractivity contribution in [1.82, 2.24) is 4.90 Å². The summed E-state index contributed by atoms with van der Waals surface area (Å²) >= 11 is 0. The second-order valence-corrected chi connectivity index (χ2v) is 3.31. The molecule has 0 aliphatic rings. The molecule has 4 heteroatoms. The van der Waals surface area contributed by atoms with Gasteiger partial charge in [-0.05, 0) is 26.2 Å². The second-order valence-electron chi connectivity index (χ2n) is 3.31. The van der Waals surface area contributed by atoms with Crippen LogP contribution in [0.2, 0.25) is 0 Å². The Kier molecular flexibility index (Phi) is 6.75. The van der Waals surface area contributed by atoms with Gasteiger partial charge in [0.2, 0.25) is 0 Å². The highest BCUT2D eigenvalue weighted by molar-refractivity contribution is 5.85. The van der Waals surface area contributed by atoms with E-state index >= 15 is 0 Å².